The zero-order valence-corrected chi connectivity index (χ0v) is 14.2. The molecule has 1 unspecified atom stereocenters. The monoisotopic (exact) mass is 369 g/mol. The maximum absolute atomic E-state index is 13.8. The van der Waals surface area contributed by atoms with E-state index in [1.165, 1.54) is 20.3 Å². The molecule has 0 spiro atoms. The number of ketones is 1. The van der Waals surface area contributed by atoms with Crippen molar-refractivity contribution in [2.75, 3.05) is 20.8 Å². The zero-order valence-electron chi connectivity index (χ0n) is 14.2. The van der Waals surface area contributed by atoms with Gasteiger partial charge in [-0.05, 0) is 16.8 Å². The zero-order chi connectivity index (χ0) is 18.9. The number of hydrogen-bond acceptors (Lipinski definition) is 5. The molecule has 1 atom stereocenters. The average Bonchev–Trinajstić information content (AvgIpc) is 2.61. The minimum absolute atomic E-state index is 0.101. The minimum atomic E-state index is -4.82. The molecule has 8 heteroatoms. The van der Waals surface area contributed by atoms with E-state index in [9.17, 15) is 18.0 Å². The van der Waals surface area contributed by atoms with Gasteiger partial charge >= 0.3 is 6.18 Å². The van der Waals surface area contributed by atoms with E-state index < -0.39 is 30.4 Å². The van der Waals surface area contributed by atoms with Gasteiger partial charge in [0.1, 0.15) is 5.75 Å². The molecule has 3 rings (SSSR count). The third kappa shape index (κ3) is 3.15. The fraction of sp³-hybridized carbons (Fsp3) is 0.389. The first-order chi connectivity index (χ1) is 12.3. The highest BCUT2D eigenvalue weighted by molar-refractivity contribution is 6.11. The molecular weight excluding hydrogens is 351 g/mol. The molecule has 140 valence electrons. The summed E-state index contributed by atoms with van der Waals surface area (Å²) in [6, 6.07) is 10.0. The van der Waals surface area contributed by atoms with Crippen LogP contribution in [0.2, 0.25) is 0 Å². The van der Waals surface area contributed by atoms with E-state index in [2.05, 4.69) is 5.32 Å². The third-order valence-electron chi connectivity index (χ3n) is 4.40. The van der Waals surface area contributed by atoms with E-state index >= 15 is 0 Å². The van der Waals surface area contributed by atoms with Crippen molar-refractivity contribution in [3.63, 3.8) is 0 Å². The molecule has 0 radical (unpaired) electrons. The van der Waals surface area contributed by atoms with Crippen LogP contribution in [0.4, 0.5) is 13.2 Å². The number of nitrogens with one attached hydrogen (secondary N) is 1. The first-order valence-corrected chi connectivity index (χ1v) is 7.92. The SMILES string of the molecule is COC(CNC1(C(F)(F)F)CC(=O)c2c(ccc3ccccc23)O1)OC. The fourth-order valence-corrected chi connectivity index (χ4v) is 3.03. The van der Waals surface area contributed by atoms with Gasteiger partial charge < -0.3 is 14.2 Å². The molecule has 26 heavy (non-hydrogen) atoms. The summed E-state index contributed by atoms with van der Waals surface area (Å²) in [5, 5.41) is 3.60. The summed E-state index contributed by atoms with van der Waals surface area (Å²) in [4.78, 5) is 12.7. The Morgan fingerprint density at radius 2 is 1.88 bits per heavy atom. The Balaban J connectivity index is 2.02. The van der Waals surface area contributed by atoms with E-state index in [1.807, 2.05) is 0 Å². The second-order valence-corrected chi connectivity index (χ2v) is 5.97. The second kappa shape index (κ2) is 6.86. The molecule has 0 saturated heterocycles. The highest BCUT2D eigenvalue weighted by Gasteiger charge is 2.60. The van der Waals surface area contributed by atoms with Gasteiger partial charge in [-0.3, -0.25) is 10.1 Å². The van der Waals surface area contributed by atoms with Gasteiger partial charge in [0.2, 0.25) is 0 Å². The van der Waals surface area contributed by atoms with E-state index in [0.717, 1.165) is 5.39 Å². The Morgan fingerprint density at radius 1 is 1.19 bits per heavy atom. The number of rotatable bonds is 5. The van der Waals surface area contributed by atoms with Crippen LogP contribution in [0.5, 0.6) is 5.75 Å². The van der Waals surface area contributed by atoms with Crippen LogP contribution >= 0.6 is 0 Å². The Morgan fingerprint density at radius 3 is 2.54 bits per heavy atom. The summed E-state index contributed by atoms with van der Waals surface area (Å²) in [6.07, 6.45) is -6.61. The number of Topliss-reactive ketones (excluding diaryl/α,β-unsaturated/α-hetero) is 1. The van der Waals surface area contributed by atoms with Crippen LogP contribution in [0.3, 0.4) is 0 Å². The number of ether oxygens (including phenoxy) is 3. The summed E-state index contributed by atoms with van der Waals surface area (Å²) >= 11 is 0. The number of hydrogen-bond donors (Lipinski definition) is 1. The summed E-state index contributed by atoms with van der Waals surface area (Å²) < 4.78 is 56.6. The number of fused-ring (bicyclic) bond motifs is 3. The summed E-state index contributed by atoms with van der Waals surface area (Å²) in [5.41, 5.74) is -2.67. The number of halogens is 3. The lowest BCUT2D eigenvalue weighted by molar-refractivity contribution is -0.265. The lowest BCUT2D eigenvalue weighted by Gasteiger charge is -2.40. The molecule has 0 saturated carbocycles. The maximum atomic E-state index is 13.8. The van der Waals surface area contributed by atoms with E-state index in [1.54, 1.807) is 30.3 Å². The van der Waals surface area contributed by atoms with Crippen LogP contribution in [-0.2, 0) is 9.47 Å². The van der Waals surface area contributed by atoms with Crippen molar-refractivity contribution in [2.24, 2.45) is 0 Å². The molecule has 1 heterocycles. The van der Waals surface area contributed by atoms with E-state index in [-0.39, 0.29) is 17.9 Å². The van der Waals surface area contributed by atoms with Gasteiger partial charge in [-0.15, -0.1) is 0 Å². The van der Waals surface area contributed by atoms with Crippen LogP contribution in [0, 0.1) is 0 Å². The Labute approximate surface area is 148 Å². The molecule has 2 aromatic carbocycles. The lowest BCUT2D eigenvalue weighted by Crippen LogP contribution is -2.64. The quantitative estimate of drug-likeness (QED) is 0.820. The standard InChI is InChI=1S/C18H18F3NO4/c1-24-15(25-2)10-22-17(18(19,20)21)9-13(23)16-12-6-4-3-5-11(12)7-8-14(16)26-17/h3-8,15,22H,9-10H2,1-2H3. The molecule has 5 nitrogen and oxygen atoms in total. The number of benzene rings is 2. The predicted molar refractivity (Wildman–Crippen MR) is 88.1 cm³/mol. The Bertz CT molecular complexity index is 820. The van der Waals surface area contributed by atoms with Gasteiger partial charge in [0.15, 0.2) is 12.1 Å². The second-order valence-electron chi connectivity index (χ2n) is 5.97. The Hall–Kier alpha value is -2.16. The van der Waals surface area contributed by atoms with Crippen molar-refractivity contribution in [3.8, 4) is 5.75 Å². The van der Waals surface area contributed by atoms with Crippen molar-refractivity contribution in [3.05, 3.63) is 42.0 Å². The summed E-state index contributed by atoms with van der Waals surface area (Å²) in [5.74, 6) is -0.740. The summed E-state index contributed by atoms with van der Waals surface area (Å²) in [6.45, 7) is -0.303. The van der Waals surface area contributed by atoms with E-state index in [4.69, 9.17) is 14.2 Å². The highest BCUT2D eigenvalue weighted by Crippen LogP contribution is 2.43. The van der Waals surface area contributed by atoms with Gasteiger partial charge in [0, 0.05) is 14.2 Å². The van der Waals surface area contributed by atoms with Crippen molar-refractivity contribution < 1.29 is 32.2 Å². The van der Waals surface area contributed by atoms with Gasteiger partial charge in [-0.25, -0.2) is 0 Å². The molecule has 0 aromatic heterocycles. The molecule has 1 aliphatic rings. The first-order valence-electron chi connectivity index (χ1n) is 7.92. The van der Waals surface area contributed by atoms with Gasteiger partial charge in [-0.1, -0.05) is 30.3 Å². The number of alkyl halides is 3. The lowest BCUT2D eigenvalue weighted by atomic mass is 9.91. The summed E-state index contributed by atoms with van der Waals surface area (Å²) in [7, 11) is 2.62. The smallest absolute Gasteiger partial charge is 0.443 e. The molecule has 0 aliphatic carbocycles. The molecule has 2 aromatic rings. The van der Waals surface area contributed by atoms with Gasteiger partial charge in [0.05, 0.1) is 18.5 Å². The van der Waals surface area contributed by atoms with Gasteiger partial charge in [0.25, 0.3) is 5.72 Å². The van der Waals surface area contributed by atoms with Crippen LogP contribution in [-0.4, -0.2) is 44.7 Å². The van der Waals surface area contributed by atoms with E-state index in [0.29, 0.717) is 5.39 Å². The maximum Gasteiger partial charge on any atom is 0.443 e. The van der Waals surface area contributed by atoms with Crippen LogP contribution < -0.4 is 10.1 Å². The number of methoxy groups -OCH3 is 2. The topological polar surface area (TPSA) is 56.8 Å². The van der Waals surface area contributed by atoms with Gasteiger partial charge in [-0.2, -0.15) is 13.2 Å². The van der Waals surface area contributed by atoms with Crippen molar-refractivity contribution in [1.29, 1.82) is 0 Å². The molecule has 0 fully saturated rings. The largest absolute Gasteiger partial charge is 0.462 e. The molecule has 0 bridgehead atoms. The highest BCUT2D eigenvalue weighted by atomic mass is 19.4. The molecule has 1 aliphatic heterocycles. The average molecular weight is 369 g/mol. The third-order valence-corrected chi connectivity index (χ3v) is 4.40. The molecular formula is C18H18F3NO4. The predicted octanol–water partition coefficient (Wildman–Crippen LogP) is 3.27. The first kappa shape index (κ1) is 18.6. The Kier molecular flexibility index (Phi) is 4.92. The van der Waals surface area contributed by atoms with Crippen LogP contribution in [0.15, 0.2) is 36.4 Å². The minimum Gasteiger partial charge on any atom is -0.462 e. The molecule has 0 amide bonds. The number of carbonyl (C=O) groups is 1. The van der Waals surface area contributed by atoms with Crippen molar-refractivity contribution >= 4 is 16.6 Å². The number of carbonyl (C=O) groups excluding carboxylic acids is 1. The van der Waals surface area contributed by atoms with Crippen LogP contribution in [0.1, 0.15) is 16.8 Å². The van der Waals surface area contributed by atoms with Crippen LogP contribution in [0.25, 0.3) is 10.8 Å². The molecule has 1 N–H and O–H groups in total. The van der Waals surface area contributed by atoms with Crippen molar-refractivity contribution in [2.45, 2.75) is 24.6 Å². The fourth-order valence-electron chi connectivity index (χ4n) is 3.03. The van der Waals surface area contributed by atoms with Crippen molar-refractivity contribution in [1.82, 2.24) is 5.32 Å². The normalized spacial score (nSPS) is 20.3.